The second-order valence-corrected chi connectivity index (χ2v) is 6.84. The third-order valence-corrected chi connectivity index (χ3v) is 3.98. The molecule has 0 aliphatic heterocycles. The Balaban J connectivity index is 2.17. The van der Waals surface area contributed by atoms with Crippen LogP contribution in [-0.4, -0.2) is 36.6 Å². The first-order valence-corrected chi connectivity index (χ1v) is 7.35. The quantitative estimate of drug-likeness (QED) is 0.742. The number of hydrogen-bond donors (Lipinski definition) is 1. The highest BCUT2D eigenvalue weighted by Crippen LogP contribution is 2.27. The van der Waals surface area contributed by atoms with Crippen LogP contribution in [0.1, 0.15) is 59.8 Å². The van der Waals surface area contributed by atoms with Gasteiger partial charge in [0.25, 0.3) is 0 Å². The third-order valence-electron chi connectivity index (χ3n) is 3.98. The maximum atomic E-state index is 3.56. The van der Waals surface area contributed by atoms with Crippen LogP contribution in [0.15, 0.2) is 0 Å². The topological polar surface area (TPSA) is 15.3 Å². The van der Waals surface area contributed by atoms with E-state index in [9.17, 15) is 0 Å². The van der Waals surface area contributed by atoms with Gasteiger partial charge in [0, 0.05) is 11.6 Å². The van der Waals surface area contributed by atoms with Crippen molar-refractivity contribution in [3.63, 3.8) is 0 Å². The number of nitrogens with one attached hydrogen (secondary N) is 1. The molecule has 1 aliphatic carbocycles. The lowest BCUT2D eigenvalue weighted by Gasteiger charge is -2.36. The summed E-state index contributed by atoms with van der Waals surface area (Å²) in [5, 5.41) is 3.56. The van der Waals surface area contributed by atoms with Crippen LogP contribution in [0.4, 0.5) is 0 Å². The fourth-order valence-corrected chi connectivity index (χ4v) is 2.91. The minimum absolute atomic E-state index is 0.261. The number of nitrogens with zero attached hydrogens (tertiary/aromatic N) is 1. The van der Waals surface area contributed by atoms with E-state index in [0.29, 0.717) is 0 Å². The van der Waals surface area contributed by atoms with E-state index in [0.717, 1.165) is 18.5 Å². The second kappa shape index (κ2) is 6.75. The van der Waals surface area contributed by atoms with Gasteiger partial charge in [-0.2, -0.15) is 0 Å². The third kappa shape index (κ3) is 5.87. The van der Waals surface area contributed by atoms with Crippen LogP contribution in [0.25, 0.3) is 0 Å². The van der Waals surface area contributed by atoms with Crippen molar-refractivity contribution in [2.45, 2.75) is 71.4 Å². The average Bonchev–Trinajstić information content (AvgIpc) is 2.23. The Hall–Kier alpha value is -0.0800. The molecule has 1 saturated carbocycles. The van der Waals surface area contributed by atoms with Gasteiger partial charge in [-0.3, -0.25) is 0 Å². The SMILES string of the molecule is CC1CCCCC1N(C)CCCNC(C)(C)C. The molecular weight excluding hydrogens is 208 g/mol. The van der Waals surface area contributed by atoms with Crippen LogP contribution in [0.3, 0.4) is 0 Å². The van der Waals surface area contributed by atoms with E-state index in [-0.39, 0.29) is 5.54 Å². The van der Waals surface area contributed by atoms with Crippen molar-refractivity contribution in [1.29, 1.82) is 0 Å². The zero-order valence-corrected chi connectivity index (χ0v) is 12.6. The largest absolute Gasteiger partial charge is 0.312 e. The summed E-state index contributed by atoms with van der Waals surface area (Å²) in [6, 6.07) is 0.832. The van der Waals surface area contributed by atoms with E-state index in [1.165, 1.54) is 38.6 Å². The Kier molecular flexibility index (Phi) is 5.94. The number of rotatable bonds is 5. The molecule has 17 heavy (non-hydrogen) atoms. The summed E-state index contributed by atoms with van der Waals surface area (Å²) in [7, 11) is 2.31. The first-order valence-electron chi connectivity index (χ1n) is 7.35. The fourth-order valence-electron chi connectivity index (χ4n) is 2.91. The molecule has 1 fully saturated rings. The van der Waals surface area contributed by atoms with Gasteiger partial charge in [-0.25, -0.2) is 0 Å². The molecule has 1 rings (SSSR count). The molecule has 2 heteroatoms. The van der Waals surface area contributed by atoms with Gasteiger partial charge >= 0.3 is 0 Å². The number of hydrogen-bond acceptors (Lipinski definition) is 2. The Morgan fingerprint density at radius 1 is 1.18 bits per heavy atom. The van der Waals surface area contributed by atoms with Crippen LogP contribution in [0, 0.1) is 5.92 Å². The Labute approximate surface area is 108 Å². The van der Waals surface area contributed by atoms with Crippen molar-refractivity contribution >= 4 is 0 Å². The molecule has 0 heterocycles. The summed E-state index contributed by atoms with van der Waals surface area (Å²) in [6.07, 6.45) is 6.97. The first-order chi connectivity index (χ1) is 7.90. The molecule has 0 spiro atoms. The molecule has 102 valence electrons. The lowest BCUT2D eigenvalue weighted by molar-refractivity contribution is 0.137. The highest BCUT2D eigenvalue weighted by Gasteiger charge is 2.24. The lowest BCUT2D eigenvalue weighted by atomic mass is 9.85. The summed E-state index contributed by atoms with van der Waals surface area (Å²) in [4.78, 5) is 2.59. The predicted molar refractivity (Wildman–Crippen MR) is 76.4 cm³/mol. The van der Waals surface area contributed by atoms with Crippen LogP contribution < -0.4 is 5.32 Å². The van der Waals surface area contributed by atoms with Gasteiger partial charge in [0.1, 0.15) is 0 Å². The van der Waals surface area contributed by atoms with Crippen LogP contribution in [-0.2, 0) is 0 Å². The highest BCUT2D eigenvalue weighted by molar-refractivity contribution is 4.79. The Morgan fingerprint density at radius 2 is 1.82 bits per heavy atom. The molecule has 0 aromatic heterocycles. The Morgan fingerprint density at radius 3 is 2.41 bits per heavy atom. The fraction of sp³-hybridized carbons (Fsp3) is 1.00. The molecule has 0 aromatic carbocycles. The van der Waals surface area contributed by atoms with Gasteiger partial charge in [0.05, 0.1) is 0 Å². The maximum Gasteiger partial charge on any atom is 0.0118 e. The Bertz CT molecular complexity index is 207. The zero-order valence-electron chi connectivity index (χ0n) is 12.6. The molecule has 0 aromatic rings. The summed E-state index contributed by atoms with van der Waals surface area (Å²) in [5.74, 6) is 0.893. The molecule has 0 bridgehead atoms. The van der Waals surface area contributed by atoms with E-state index in [2.05, 4.69) is 45.0 Å². The van der Waals surface area contributed by atoms with Crippen molar-refractivity contribution in [2.75, 3.05) is 20.1 Å². The molecule has 0 amide bonds. The van der Waals surface area contributed by atoms with Gasteiger partial charge in [-0.05, 0) is 66.1 Å². The van der Waals surface area contributed by atoms with Crippen molar-refractivity contribution in [3.05, 3.63) is 0 Å². The van der Waals surface area contributed by atoms with E-state index in [1.54, 1.807) is 0 Å². The normalized spacial score (nSPS) is 26.5. The summed E-state index contributed by atoms with van der Waals surface area (Å²) >= 11 is 0. The zero-order chi connectivity index (χ0) is 12.9. The molecule has 0 radical (unpaired) electrons. The van der Waals surface area contributed by atoms with Crippen molar-refractivity contribution in [3.8, 4) is 0 Å². The van der Waals surface area contributed by atoms with E-state index in [4.69, 9.17) is 0 Å². The van der Waals surface area contributed by atoms with Crippen molar-refractivity contribution in [1.82, 2.24) is 10.2 Å². The van der Waals surface area contributed by atoms with Gasteiger partial charge < -0.3 is 10.2 Å². The van der Waals surface area contributed by atoms with Gasteiger partial charge in [-0.15, -0.1) is 0 Å². The second-order valence-electron chi connectivity index (χ2n) is 6.84. The summed E-state index contributed by atoms with van der Waals surface area (Å²) in [6.45, 7) is 11.5. The van der Waals surface area contributed by atoms with E-state index >= 15 is 0 Å². The standard InChI is InChI=1S/C15H32N2/c1-13-9-6-7-10-14(13)17(5)12-8-11-16-15(2,3)4/h13-14,16H,6-12H2,1-5H3. The molecule has 1 N–H and O–H groups in total. The first kappa shape index (κ1) is 15.0. The van der Waals surface area contributed by atoms with Crippen molar-refractivity contribution < 1.29 is 0 Å². The minimum atomic E-state index is 0.261. The lowest BCUT2D eigenvalue weighted by Crippen LogP contribution is -2.41. The molecule has 2 nitrogen and oxygen atoms in total. The summed E-state index contributed by atoms with van der Waals surface area (Å²) < 4.78 is 0. The molecular formula is C15H32N2. The predicted octanol–water partition coefficient (Wildman–Crippen LogP) is 3.28. The van der Waals surface area contributed by atoms with Gasteiger partial charge in [0.15, 0.2) is 0 Å². The maximum absolute atomic E-state index is 3.56. The summed E-state index contributed by atoms with van der Waals surface area (Å²) in [5.41, 5.74) is 0.261. The highest BCUT2D eigenvalue weighted by atomic mass is 15.1. The van der Waals surface area contributed by atoms with Gasteiger partial charge in [-0.1, -0.05) is 19.8 Å². The molecule has 1 aliphatic rings. The molecule has 2 unspecified atom stereocenters. The molecule has 2 atom stereocenters. The van der Waals surface area contributed by atoms with Crippen LogP contribution in [0.2, 0.25) is 0 Å². The van der Waals surface area contributed by atoms with Crippen molar-refractivity contribution in [2.24, 2.45) is 5.92 Å². The van der Waals surface area contributed by atoms with E-state index < -0.39 is 0 Å². The minimum Gasteiger partial charge on any atom is -0.312 e. The van der Waals surface area contributed by atoms with Crippen LogP contribution in [0.5, 0.6) is 0 Å². The average molecular weight is 240 g/mol. The molecule has 0 saturated heterocycles. The smallest absolute Gasteiger partial charge is 0.0118 e. The van der Waals surface area contributed by atoms with Gasteiger partial charge in [0.2, 0.25) is 0 Å². The van der Waals surface area contributed by atoms with E-state index in [1.807, 2.05) is 0 Å². The monoisotopic (exact) mass is 240 g/mol. The van der Waals surface area contributed by atoms with Crippen LogP contribution >= 0.6 is 0 Å².